The van der Waals surface area contributed by atoms with E-state index in [1.54, 1.807) is 25.1 Å². The van der Waals surface area contributed by atoms with Crippen LogP contribution in [-0.2, 0) is 4.74 Å². The highest BCUT2D eigenvalue weighted by Gasteiger charge is 1.91. The standard InChI is InChI=1S/C12H13ClOS/c1-10(7-8-14-2)9-15-12-5-3-11(13)4-6-12/h3-9H,1-2H3/b8-7+,10-9+. The van der Waals surface area contributed by atoms with Gasteiger partial charge < -0.3 is 4.74 Å². The number of thioether (sulfide) groups is 1. The summed E-state index contributed by atoms with van der Waals surface area (Å²) in [5.74, 6) is 0. The minimum atomic E-state index is 0.763. The molecule has 0 spiro atoms. The van der Waals surface area contributed by atoms with Crippen molar-refractivity contribution in [1.29, 1.82) is 0 Å². The molecular weight excluding hydrogens is 228 g/mol. The second-order valence-electron chi connectivity index (χ2n) is 2.97. The van der Waals surface area contributed by atoms with E-state index < -0.39 is 0 Å². The lowest BCUT2D eigenvalue weighted by Gasteiger charge is -1.97. The van der Waals surface area contributed by atoms with E-state index in [2.05, 4.69) is 5.41 Å². The van der Waals surface area contributed by atoms with Gasteiger partial charge in [-0.25, -0.2) is 0 Å². The van der Waals surface area contributed by atoms with Crippen LogP contribution in [0, 0.1) is 0 Å². The molecule has 0 aromatic heterocycles. The largest absolute Gasteiger partial charge is 0.504 e. The van der Waals surface area contributed by atoms with Gasteiger partial charge in [-0.3, -0.25) is 0 Å². The van der Waals surface area contributed by atoms with Crippen LogP contribution in [0.3, 0.4) is 0 Å². The predicted molar refractivity (Wildman–Crippen MR) is 67.2 cm³/mol. The minimum absolute atomic E-state index is 0.763. The van der Waals surface area contributed by atoms with Gasteiger partial charge in [0.05, 0.1) is 13.4 Å². The summed E-state index contributed by atoms with van der Waals surface area (Å²) in [6.07, 6.45) is 3.58. The van der Waals surface area contributed by atoms with Crippen LogP contribution >= 0.6 is 23.4 Å². The van der Waals surface area contributed by atoms with E-state index in [-0.39, 0.29) is 0 Å². The second kappa shape index (κ2) is 6.59. The molecule has 0 N–H and O–H groups in total. The Morgan fingerprint density at radius 1 is 1.33 bits per heavy atom. The molecule has 0 bridgehead atoms. The summed E-state index contributed by atoms with van der Waals surface area (Å²) >= 11 is 7.45. The van der Waals surface area contributed by atoms with Crippen molar-refractivity contribution < 1.29 is 4.74 Å². The second-order valence-corrected chi connectivity index (χ2v) is 4.35. The van der Waals surface area contributed by atoms with Crippen LogP contribution in [0.2, 0.25) is 5.02 Å². The van der Waals surface area contributed by atoms with Gasteiger partial charge in [0.15, 0.2) is 0 Å². The Hall–Kier alpha value is -0.860. The summed E-state index contributed by atoms with van der Waals surface area (Å²) in [6.45, 7) is 2.03. The maximum absolute atomic E-state index is 5.79. The molecule has 0 unspecified atom stereocenters. The Labute approximate surface area is 99.8 Å². The number of ether oxygens (including phenoxy) is 1. The van der Waals surface area contributed by atoms with Gasteiger partial charge in [0.1, 0.15) is 0 Å². The first-order valence-electron chi connectivity index (χ1n) is 4.50. The van der Waals surface area contributed by atoms with Crippen molar-refractivity contribution in [2.75, 3.05) is 7.11 Å². The molecule has 0 aliphatic carbocycles. The molecule has 0 heterocycles. The Morgan fingerprint density at radius 3 is 2.60 bits per heavy atom. The summed E-state index contributed by atoms with van der Waals surface area (Å²) in [6, 6.07) is 7.77. The molecule has 0 radical (unpaired) electrons. The van der Waals surface area contributed by atoms with E-state index >= 15 is 0 Å². The van der Waals surface area contributed by atoms with E-state index in [0.717, 1.165) is 10.6 Å². The molecule has 1 rings (SSSR count). The normalized spacial score (nSPS) is 12.1. The highest BCUT2D eigenvalue weighted by Crippen LogP contribution is 2.22. The Bertz CT molecular complexity index is 354. The van der Waals surface area contributed by atoms with Crippen LogP contribution < -0.4 is 0 Å². The molecule has 1 aromatic carbocycles. The Balaban J connectivity index is 2.55. The van der Waals surface area contributed by atoms with Crippen LogP contribution in [0.1, 0.15) is 6.92 Å². The van der Waals surface area contributed by atoms with Crippen LogP contribution in [-0.4, -0.2) is 7.11 Å². The quantitative estimate of drug-likeness (QED) is 0.436. The number of allylic oxidation sites excluding steroid dienone is 2. The first-order valence-corrected chi connectivity index (χ1v) is 5.76. The molecule has 80 valence electrons. The fraction of sp³-hybridized carbons (Fsp3) is 0.167. The van der Waals surface area contributed by atoms with E-state index in [0.29, 0.717) is 0 Å². The van der Waals surface area contributed by atoms with Crippen LogP contribution in [0.25, 0.3) is 0 Å². The van der Waals surface area contributed by atoms with Gasteiger partial charge in [0.2, 0.25) is 0 Å². The smallest absolute Gasteiger partial charge is 0.0827 e. The SMILES string of the molecule is CO/C=C/C(C)=C/Sc1ccc(Cl)cc1. The maximum atomic E-state index is 5.79. The van der Waals surface area contributed by atoms with Crippen molar-refractivity contribution in [2.24, 2.45) is 0 Å². The molecular formula is C12H13ClOS. The fourth-order valence-corrected chi connectivity index (χ4v) is 1.71. The molecule has 0 fully saturated rings. The number of hydrogen-bond donors (Lipinski definition) is 0. The fourth-order valence-electron chi connectivity index (χ4n) is 0.889. The van der Waals surface area contributed by atoms with Crippen molar-refractivity contribution in [3.63, 3.8) is 0 Å². The summed E-state index contributed by atoms with van der Waals surface area (Å²) in [5, 5.41) is 2.83. The van der Waals surface area contributed by atoms with Crippen molar-refractivity contribution in [2.45, 2.75) is 11.8 Å². The first kappa shape index (κ1) is 12.2. The van der Waals surface area contributed by atoms with E-state index in [1.165, 1.54) is 4.90 Å². The van der Waals surface area contributed by atoms with Crippen molar-refractivity contribution in [3.05, 3.63) is 52.6 Å². The lowest BCUT2D eigenvalue weighted by molar-refractivity contribution is 0.338. The lowest BCUT2D eigenvalue weighted by atomic mass is 10.3. The van der Waals surface area contributed by atoms with Crippen molar-refractivity contribution in [1.82, 2.24) is 0 Å². The van der Waals surface area contributed by atoms with Crippen LogP contribution in [0.15, 0.2) is 52.5 Å². The highest BCUT2D eigenvalue weighted by molar-refractivity contribution is 8.02. The average Bonchev–Trinajstić information content (AvgIpc) is 2.25. The molecule has 1 aromatic rings. The summed E-state index contributed by atoms with van der Waals surface area (Å²) in [4.78, 5) is 1.17. The maximum Gasteiger partial charge on any atom is 0.0827 e. The zero-order valence-corrected chi connectivity index (χ0v) is 10.3. The molecule has 0 saturated carbocycles. The molecule has 3 heteroatoms. The average molecular weight is 241 g/mol. The number of rotatable bonds is 4. The van der Waals surface area contributed by atoms with Gasteiger partial charge in [-0.2, -0.15) is 0 Å². The van der Waals surface area contributed by atoms with Gasteiger partial charge in [0.25, 0.3) is 0 Å². The molecule has 1 nitrogen and oxygen atoms in total. The van der Waals surface area contributed by atoms with E-state index in [1.807, 2.05) is 37.3 Å². The zero-order valence-electron chi connectivity index (χ0n) is 8.74. The third-order valence-electron chi connectivity index (χ3n) is 1.66. The molecule has 0 aliphatic rings. The van der Waals surface area contributed by atoms with Gasteiger partial charge >= 0.3 is 0 Å². The lowest BCUT2D eigenvalue weighted by Crippen LogP contribution is -1.71. The van der Waals surface area contributed by atoms with Crippen molar-refractivity contribution >= 4 is 23.4 Å². The molecule has 15 heavy (non-hydrogen) atoms. The summed E-state index contributed by atoms with van der Waals surface area (Å²) < 4.78 is 4.83. The Kier molecular flexibility index (Phi) is 5.37. The molecule has 0 atom stereocenters. The summed E-state index contributed by atoms with van der Waals surface area (Å²) in [7, 11) is 1.64. The van der Waals surface area contributed by atoms with E-state index in [4.69, 9.17) is 16.3 Å². The zero-order chi connectivity index (χ0) is 11.1. The number of halogens is 1. The van der Waals surface area contributed by atoms with Gasteiger partial charge in [-0.05, 0) is 48.2 Å². The third-order valence-corrected chi connectivity index (χ3v) is 2.95. The first-order chi connectivity index (χ1) is 7.22. The number of methoxy groups -OCH3 is 1. The molecule has 0 aliphatic heterocycles. The van der Waals surface area contributed by atoms with Crippen molar-refractivity contribution in [3.8, 4) is 0 Å². The number of hydrogen-bond acceptors (Lipinski definition) is 2. The van der Waals surface area contributed by atoms with Gasteiger partial charge in [0, 0.05) is 9.92 Å². The summed E-state index contributed by atoms with van der Waals surface area (Å²) in [5.41, 5.74) is 1.15. The topological polar surface area (TPSA) is 9.23 Å². The Morgan fingerprint density at radius 2 is 2.00 bits per heavy atom. The van der Waals surface area contributed by atoms with Gasteiger partial charge in [-0.1, -0.05) is 23.4 Å². The molecule has 0 saturated heterocycles. The van der Waals surface area contributed by atoms with Crippen LogP contribution in [0.4, 0.5) is 0 Å². The third kappa shape index (κ3) is 4.96. The minimum Gasteiger partial charge on any atom is -0.504 e. The predicted octanol–water partition coefficient (Wildman–Crippen LogP) is 4.50. The highest BCUT2D eigenvalue weighted by atomic mass is 35.5. The van der Waals surface area contributed by atoms with E-state index in [9.17, 15) is 0 Å². The molecule has 0 amide bonds. The monoisotopic (exact) mass is 240 g/mol. The van der Waals surface area contributed by atoms with Crippen LogP contribution in [0.5, 0.6) is 0 Å². The number of benzene rings is 1. The van der Waals surface area contributed by atoms with Gasteiger partial charge in [-0.15, -0.1) is 0 Å².